The molecule has 0 saturated heterocycles. The van der Waals surface area contributed by atoms with E-state index >= 15 is 0 Å². The Morgan fingerprint density at radius 2 is 0.922 bits per heavy atom. The van der Waals surface area contributed by atoms with Crippen molar-refractivity contribution in [1.82, 2.24) is 5.32 Å². The van der Waals surface area contributed by atoms with Crippen molar-refractivity contribution in [2.45, 2.75) is 206 Å². The summed E-state index contributed by atoms with van der Waals surface area (Å²) in [6.07, 6.45) is 10.7. The number of hydrogen-bond donors (Lipinski definition) is 1. The van der Waals surface area contributed by atoms with Crippen molar-refractivity contribution in [2.24, 2.45) is 112 Å². The van der Waals surface area contributed by atoms with E-state index in [1.807, 2.05) is 39.8 Å². The number of hydrogen-bond acceptors (Lipinski definition) is 6. The quantitative estimate of drug-likeness (QED) is 0.222. The Morgan fingerprint density at radius 1 is 0.558 bits per heavy atom. The van der Waals surface area contributed by atoms with Gasteiger partial charge in [0.05, 0.1) is 18.6 Å². The summed E-state index contributed by atoms with van der Waals surface area (Å²) >= 11 is 6.38. The van der Waals surface area contributed by atoms with Crippen molar-refractivity contribution in [3.05, 3.63) is 46.4 Å². The normalized spacial score (nSPS) is 46.7. The highest BCUT2D eigenvalue weighted by atomic mass is 35.5. The molecule has 0 aromatic heterocycles. The molecule has 13 heteroatoms. The lowest BCUT2D eigenvalue weighted by Gasteiger charge is -2.71. The predicted molar refractivity (Wildman–Crippen MR) is 290 cm³/mol. The SMILES string of the molecule is [C-]#[N+]C1=C[C@]2(C)[C@H]3CC(=O)[C@@H]4[C@@H]5CC(C)(C)CC[C@]5(C(=O)Cl)CC[C@@]4(C)[C@]3(C)CC[C@H]2C(C)(C)C1=O.[C-]#[N+]C1=C[C@]2(C)[C@H]3CC(=O)[C@@H]4[C@@H]5CC(C)(C)CC[C@]5(C(=O)NCC(F)(F)F)CC[C@@]4(C)[C@]3(C)CC[C@H]2C(C)(C)C1=O. The predicted octanol–water partition coefficient (Wildman–Crippen LogP) is 14.7. The molecular weight excluding hydrogens is 999 g/mol. The van der Waals surface area contributed by atoms with Gasteiger partial charge in [-0.15, -0.1) is 0 Å². The average Bonchev–Trinajstić information content (AvgIpc) is 3.31. The number of amides is 1. The molecule has 0 bridgehead atoms. The lowest BCUT2D eigenvalue weighted by molar-refractivity contribution is -0.222. The maximum absolute atomic E-state index is 14.5. The molecule has 9 nitrogen and oxygen atoms in total. The number of halogens is 4. The molecule has 8 fully saturated rings. The van der Waals surface area contributed by atoms with Crippen LogP contribution < -0.4 is 5.32 Å². The van der Waals surface area contributed by atoms with Crippen molar-refractivity contribution in [1.29, 1.82) is 0 Å². The van der Waals surface area contributed by atoms with E-state index in [1.54, 1.807) is 0 Å². The first-order valence-electron chi connectivity index (χ1n) is 29.1. The molecule has 0 aromatic carbocycles. The summed E-state index contributed by atoms with van der Waals surface area (Å²) in [5.74, 6) is -1.18. The van der Waals surface area contributed by atoms with Gasteiger partial charge in [0, 0.05) is 40.9 Å². The van der Waals surface area contributed by atoms with Crippen LogP contribution in [0.2, 0.25) is 0 Å². The zero-order chi connectivity index (χ0) is 57.3. The molecule has 10 aliphatic carbocycles. The van der Waals surface area contributed by atoms with Gasteiger partial charge in [0.1, 0.15) is 18.1 Å². The van der Waals surface area contributed by atoms with Gasteiger partial charge in [-0.2, -0.15) is 13.2 Å². The zero-order valence-electron chi connectivity index (χ0n) is 48.7. The van der Waals surface area contributed by atoms with Gasteiger partial charge in [-0.25, -0.2) is 9.69 Å². The van der Waals surface area contributed by atoms with E-state index in [2.05, 4.69) is 84.2 Å². The fourth-order valence-electron chi connectivity index (χ4n) is 21.6. The van der Waals surface area contributed by atoms with Crippen LogP contribution in [0.1, 0.15) is 200 Å². The second-order valence-electron chi connectivity index (χ2n) is 31.2. The minimum Gasteiger partial charge on any atom is -0.346 e. The van der Waals surface area contributed by atoms with Crippen molar-refractivity contribution in [3.8, 4) is 0 Å². The molecule has 0 aliphatic heterocycles. The third-order valence-electron chi connectivity index (χ3n) is 26.2. The number of allylic oxidation sites excluding steroid dienone is 4. The maximum atomic E-state index is 14.5. The van der Waals surface area contributed by atoms with Crippen LogP contribution in [-0.4, -0.2) is 47.0 Å². The molecule has 0 heterocycles. The number of nitrogens with zero attached hydrogens (tertiary/aromatic N) is 2. The summed E-state index contributed by atoms with van der Waals surface area (Å²) in [5, 5.41) is 1.98. The standard InChI is InChI=1S/C33H45F3N2O3.C31H42ClNO3/c1-27(2)11-13-32(26(41)38-18-33(34,35)36)14-12-31(7)24(19(32)16-27)21(39)15-23-29(5)17-20(37-8)25(40)28(3,4)22(29)9-10-30(23,31)6;1-26(2)11-13-31(25(32)36)14-12-30(7)23(18(31)16-26)20(34)15-22-28(5)17-19(33-8)24(35)27(3,4)21(28)9-10-29(22,30)6/h17,19,22-24H,9-16,18H2,1-7H3,(H,38,41);17-18,21-23H,9-16H2,1-7H3/t19-,22-,23+,24-,29-,30+,31+,32-;18-,21-,22+,23-,28-,29+,30+,31-/m00/s1. The first-order chi connectivity index (χ1) is 35.2. The highest BCUT2D eigenvalue weighted by molar-refractivity contribution is 6.64. The van der Waals surface area contributed by atoms with Crippen LogP contribution in [0.4, 0.5) is 13.2 Å². The number of rotatable bonds is 3. The molecule has 16 atom stereocenters. The van der Waals surface area contributed by atoms with Crippen LogP contribution in [0.3, 0.4) is 0 Å². The summed E-state index contributed by atoms with van der Waals surface area (Å²) < 4.78 is 39.4. The summed E-state index contributed by atoms with van der Waals surface area (Å²) in [4.78, 5) is 89.3. The third kappa shape index (κ3) is 7.94. The number of nitrogens with one attached hydrogen (secondary N) is 1. The molecule has 77 heavy (non-hydrogen) atoms. The third-order valence-corrected chi connectivity index (χ3v) is 26.6. The van der Waals surface area contributed by atoms with E-state index in [4.69, 9.17) is 24.7 Å². The Kier molecular flexibility index (Phi) is 13.3. The second-order valence-corrected chi connectivity index (χ2v) is 31.5. The van der Waals surface area contributed by atoms with E-state index in [9.17, 15) is 41.9 Å². The minimum absolute atomic E-state index is 0.00321. The summed E-state index contributed by atoms with van der Waals surface area (Å²) in [5.41, 5.74) is -4.56. The lowest BCUT2D eigenvalue weighted by Crippen LogP contribution is -2.69. The summed E-state index contributed by atoms with van der Waals surface area (Å²) in [6, 6.07) is 0. The van der Waals surface area contributed by atoms with Gasteiger partial charge in [-0.1, -0.05) is 109 Å². The molecule has 0 spiro atoms. The molecule has 8 saturated carbocycles. The van der Waals surface area contributed by atoms with Crippen molar-refractivity contribution in [2.75, 3.05) is 6.54 Å². The number of carbonyl (C=O) groups excluding carboxylic acids is 6. The van der Waals surface area contributed by atoms with Crippen LogP contribution in [0, 0.1) is 125 Å². The Bertz CT molecular complexity index is 2760. The zero-order valence-corrected chi connectivity index (χ0v) is 49.4. The molecule has 422 valence electrons. The molecule has 10 rings (SSSR count). The van der Waals surface area contributed by atoms with Crippen LogP contribution in [0.15, 0.2) is 23.5 Å². The second kappa shape index (κ2) is 17.7. The summed E-state index contributed by atoms with van der Waals surface area (Å²) in [7, 11) is 0. The fourth-order valence-corrected chi connectivity index (χ4v) is 22.0. The largest absolute Gasteiger partial charge is 0.405 e. The van der Waals surface area contributed by atoms with Gasteiger partial charge in [-0.05, 0) is 180 Å². The van der Waals surface area contributed by atoms with Crippen molar-refractivity contribution < 1.29 is 41.9 Å². The minimum atomic E-state index is -4.50. The topological polar surface area (TPSA) is 123 Å². The van der Waals surface area contributed by atoms with Gasteiger partial charge in [0.2, 0.25) is 22.5 Å². The van der Waals surface area contributed by atoms with Crippen LogP contribution in [-0.2, 0) is 28.8 Å². The lowest BCUT2D eigenvalue weighted by atomic mass is 9.31. The van der Waals surface area contributed by atoms with Gasteiger partial charge in [-0.3, -0.25) is 19.2 Å². The first-order valence-corrected chi connectivity index (χ1v) is 29.5. The smallest absolute Gasteiger partial charge is 0.346 e. The van der Waals surface area contributed by atoms with Gasteiger partial charge in [0.25, 0.3) is 0 Å². The highest BCUT2D eigenvalue weighted by Crippen LogP contribution is 2.78. The van der Waals surface area contributed by atoms with Crippen LogP contribution in [0.25, 0.3) is 9.69 Å². The van der Waals surface area contributed by atoms with E-state index in [-0.39, 0.29) is 108 Å². The molecular formula is C64H87ClF3N3O6. The first kappa shape index (κ1) is 58.0. The molecule has 0 aromatic rings. The molecule has 10 aliphatic rings. The Labute approximate surface area is 462 Å². The number of ketones is 4. The number of alkyl halides is 3. The van der Waals surface area contributed by atoms with Crippen molar-refractivity contribution in [3.63, 3.8) is 0 Å². The Morgan fingerprint density at radius 3 is 1.30 bits per heavy atom. The Balaban J connectivity index is 0.000000189. The van der Waals surface area contributed by atoms with E-state index in [1.165, 1.54) is 0 Å². The van der Waals surface area contributed by atoms with E-state index in [0.717, 1.165) is 64.2 Å². The van der Waals surface area contributed by atoms with E-state index < -0.39 is 62.5 Å². The van der Waals surface area contributed by atoms with Crippen LogP contribution >= 0.6 is 11.6 Å². The maximum Gasteiger partial charge on any atom is 0.405 e. The molecule has 1 amide bonds. The molecule has 0 unspecified atom stereocenters. The Hall–Kier alpha value is -3.64. The highest BCUT2D eigenvalue weighted by Gasteiger charge is 2.75. The van der Waals surface area contributed by atoms with E-state index in [0.29, 0.717) is 38.5 Å². The van der Waals surface area contributed by atoms with Crippen LogP contribution in [0.5, 0.6) is 0 Å². The fraction of sp³-hybridized carbons (Fsp3) is 0.812. The number of Topliss-reactive ketones (excluding diaryl/α,β-unsaturated/α-hetero) is 4. The van der Waals surface area contributed by atoms with Gasteiger partial charge < -0.3 is 14.9 Å². The average molecular weight is 1090 g/mol. The van der Waals surface area contributed by atoms with Gasteiger partial charge in [0.15, 0.2) is 11.6 Å². The monoisotopic (exact) mass is 1090 g/mol. The molecule has 1 N–H and O–H groups in total. The van der Waals surface area contributed by atoms with Crippen molar-refractivity contribution >= 4 is 45.9 Å². The number of carbonyl (C=O) groups is 6. The number of fused-ring (bicyclic) bond motifs is 14. The van der Waals surface area contributed by atoms with Gasteiger partial charge >= 0.3 is 6.18 Å². The summed E-state index contributed by atoms with van der Waals surface area (Å²) in [6.45, 7) is 44.3. The molecule has 0 radical (unpaired) electrons.